The first-order valence-electron chi connectivity index (χ1n) is 7.79. The number of aromatic nitrogens is 1. The van der Waals surface area contributed by atoms with Crippen LogP contribution in [-0.4, -0.2) is 42.6 Å². The van der Waals surface area contributed by atoms with Gasteiger partial charge in [0.25, 0.3) is 0 Å². The monoisotopic (exact) mass is 259 g/mol. The Kier molecular flexibility index (Phi) is 4.34. The molecule has 1 atom stereocenters. The van der Waals surface area contributed by atoms with Gasteiger partial charge in [0, 0.05) is 37.7 Å². The second kappa shape index (κ2) is 6.38. The summed E-state index contributed by atoms with van der Waals surface area (Å²) in [7, 11) is 0. The second-order valence-electron chi connectivity index (χ2n) is 6.02. The van der Waals surface area contributed by atoms with Crippen LogP contribution in [0.1, 0.15) is 32.1 Å². The van der Waals surface area contributed by atoms with Crippen molar-refractivity contribution in [2.45, 2.75) is 32.1 Å². The Balaban J connectivity index is 1.55. The Morgan fingerprint density at radius 1 is 1.00 bits per heavy atom. The molecular weight excluding hydrogens is 234 g/mol. The highest BCUT2D eigenvalue weighted by atomic mass is 15.2. The number of nitrogens with zero attached hydrogens (tertiary/aromatic N) is 3. The lowest BCUT2D eigenvalue weighted by atomic mass is 9.96. The average molecular weight is 259 g/mol. The Bertz CT molecular complexity index is 373. The molecule has 0 aromatic carbocycles. The predicted molar refractivity (Wildman–Crippen MR) is 79.5 cm³/mol. The van der Waals surface area contributed by atoms with Gasteiger partial charge in [-0.05, 0) is 56.8 Å². The highest BCUT2D eigenvalue weighted by Gasteiger charge is 2.22. The molecule has 3 heterocycles. The fraction of sp³-hybridized carbons (Fsp3) is 0.688. The van der Waals surface area contributed by atoms with Crippen LogP contribution in [0.15, 0.2) is 24.5 Å². The summed E-state index contributed by atoms with van der Waals surface area (Å²) in [4.78, 5) is 9.34. The molecule has 3 rings (SSSR count). The Morgan fingerprint density at radius 2 is 1.79 bits per heavy atom. The summed E-state index contributed by atoms with van der Waals surface area (Å²) in [6.07, 6.45) is 10.8. The SMILES string of the molecule is c1cc(N2CCC[C@@H](CN3CCCCC3)C2)ccn1. The number of pyridine rings is 1. The highest BCUT2D eigenvalue weighted by molar-refractivity contribution is 5.44. The molecule has 19 heavy (non-hydrogen) atoms. The normalized spacial score (nSPS) is 25.5. The highest BCUT2D eigenvalue weighted by Crippen LogP contribution is 2.24. The molecular formula is C16H25N3. The summed E-state index contributed by atoms with van der Waals surface area (Å²) in [5.41, 5.74) is 1.35. The zero-order valence-electron chi connectivity index (χ0n) is 11.8. The van der Waals surface area contributed by atoms with Gasteiger partial charge in [0.2, 0.25) is 0 Å². The van der Waals surface area contributed by atoms with Crippen molar-refractivity contribution in [1.29, 1.82) is 0 Å². The number of hydrogen-bond donors (Lipinski definition) is 0. The van der Waals surface area contributed by atoms with Gasteiger partial charge in [-0.2, -0.15) is 0 Å². The van der Waals surface area contributed by atoms with Crippen molar-refractivity contribution in [2.24, 2.45) is 5.92 Å². The smallest absolute Gasteiger partial charge is 0.0397 e. The van der Waals surface area contributed by atoms with Crippen LogP contribution in [0.4, 0.5) is 5.69 Å². The van der Waals surface area contributed by atoms with Crippen LogP contribution in [0, 0.1) is 5.92 Å². The molecule has 0 spiro atoms. The lowest BCUT2D eigenvalue weighted by Crippen LogP contribution is -2.42. The molecule has 0 unspecified atom stereocenters. The summed E-state index contributed by atoms with van der Waals surface area (Å²) in [6, 6.07) is 4.28. The van der Waals surface area contributed by atoms with Crippen molar-refractivity contribution < 1.29 is 0 Å². The molecule has 2 fully saturated rings. The van der Waals surface area contributed by atoms with E-state index in [9.17, 15) is 0 Å². The maximum Gasteiger partial charge on any atom is 0.0397 e. The van der Waals surface area contributed by atoms with E-state index >= 15 is 0 Å². The van der Waals surface area contributed by atoms with Crippen LogP contribution < -0.4 is 4.90 Å². The molecule has 3 heteroatoms. The quantitative estimate of drug-likeness (QED) is 0.832. The molecule has 2 aliphatic heterocycles. The van der Waals surface area contributed by atoms with Crippen molar-refractivity contribution in [2.75, 3.05) is 37.6 Å². The zero-order chi connectivity index (χ0) is 12.9. The minimum absolute atomic E-state index is 0.847. The molecule has 0 saturated carbocycles. The molecule has 2 saturated heterocycles. The third-order valence-corrected chi connectivity index (χ3v) is 4.51. The Labute approximate surface area is 116 Å². The molecule has 3 nitrogen and oxygen atoms in total. The number of anilines is 1. The lowest BCUT2D eigenvalue weighted by molar-refractivity contribution is 0.185. The standard InChI is InChI=1S/C16H25N3/c1-2-10-18(11-3-1)13-15-5-4-12-19(14-15)16-6-8-17-9-7-16/h6-9,15H,1-5,10-14H2/t15-/m0/s1. The van der Waals surface area contributed by atoms with E-state index in [2.05, 4.69) is 26.9 Å². The first-order chi connectivity index (χ1) is 9.42. The van der Waals surface area contributed by atoms with Gasteiger partial charge in [-0.25, -0.2) is 0 Å². The molecule has 0 bridgehead atoms. The van der Waals surface area contributed by atoms with Gasteiger partial charge >= 0.3 is 0 Å². The van der Waals surface area contributed by atoms with Gasteiger partial charge in [0.1, 0.15) is 0 Å². The van der Waals surface area contributed by atoms with E-state index in [0.29, 0.717) is 0 Å². The number of likely N-dealkylation sites (tertiary alicyclic amines) is 1. The van der Waals surface area contributed by atoms with Crippen LogP contribution in [0.5, 0.6) is 0 Å². The molecule has 0 aliphatic carbocycles. The van der Waals surface area contributed by atoms with Gasteiger partial charge < -0.3 is 9.80 Å². The van der Waals surface area contributed by atoms with Gasteiger partial charge in [-0.15, -0.1) is 0 Å². The molecule has 104 valence electrons. The molecule has 1 aromatic heterocycles. The van der Waals surface area contributed by atoms with Crippen LogP contribution in [-0.2, 0) is 0 Å². The third-order valence-electron chi connectivity index (χ3n) is 4.51. The van der Waals surface area contributed by atoms with Crippen molar-refractivity contribution in [1.82, 2.24) is 9.88 Å². The van der Waals surface area contributed by atoms with Crippen molar-refractivity contribution in [3.05, 3.63) is 24.5 Å². The van der Waals surface area contributed by atoms with Crippen molar-refractivity contribution >= 4 is 5.69 Å². The first-order valence-corrected chi connectivity index (χ1v) is 7.79. The van der Waals surface area contributed by atoms with Crippen molar-refractivity contribution in [3.63, 3.8) is 0 Å². The maximum absolute atomic E-state index is 4.12. The lowest BCUT2D eigenvalue weighted by Gasteiger charge is -2.37. The number of piperidine rings is 2. The molecule has 2 aliphatic rings. The van der Waals surface area contributed by atoms with Crippen molar-refractivity contribution in [3.8, 4) is 0 Å². The fourth-order valence-corrected chi connectivity index (χ4v) is 3.51. The van der Waals surface area contributed by atoms with E-state index in [4.69, 9.17) is 0 Å². The van der Waals surface area contributed by atoms with Gasteiger partial charge in [0.05, 0.1) is 0 Å². The number of hydrogen-bond acceptors (Lipinski definition) is 3. The van der Waals surface area contributed by atoms with Crippen LogP contribution in [0.2, 0.25) is 0 Å². The molecule has 0 amide bonds. The third kappa shape index (κ3) is 3.47. The molecule has 1 aromatic rings. The predicted octanol–water partition coefficient (Wildman–Crippen LogP) is 2.78. The summed E-state index contributed by atoms with van der Waals surface area (Å²) < 4.78 is 0. The minimum Gasteiger partial charge on any atom is -0.371 e. The maximum atomic E-state index is 4.12. The van der Waals surface area contributed by atoms with Crippen LogP contribution in [0.25, 0.3) is 0 Å². The summed E-state index contributed by atoms with van der Waals surface area (Å²) >= 11 is 0. The summed E-state index contributed by atoms with van der Waals surface area (Å²) in [5, 5.41) is 0. The van der Waals surface area contributed by atoms with E-state index in [1.165, 1.54) is 70.5 Å². The average Bonchev–Trinajstić information content (AvgIpc) is 2.49. The minimum atomic E-state index is 0.847. The Hall–Kier alpha value is -1.09. The van der Waals surface area contributed by atoms with Gasteiger partial charge in [-0.1, -0.05) is 6.42 Å². The van der Waals surface area contributed by atoms with E-state index in [-0.39, 0.29) is 0 Å². The van der Waals surface area contributed by atoms with E-state index in [0.717, 1.165) is 5.92 Å². The first kappa shape index (κ1) is 12.9. The summed E-state index contributed by atoms with van der Waals surface area (Å²) in [5.74, 6) is 0.847. The second-order valence-corrected chi connectivity index (χ2v) is 6.02. The van der Waals surface area contributed by atoms with Crippen LogP contribution in [0.3, 0.4) is 0 Å². The zero-order valence-corrected chi connectivity index (χ0v) is 11.8. The fourth-order valence-electron chi connectivity index (χ4n) is 3.51. The van der Waals surface area contributed by atoms with E-state index in [1.807, 2.05) is 12.4 Å². The molecule has 0 N–H and O–H groups in total. The van der Waals surface area contributed by atoms with E-state index in [1.54, 1.807) is 0 Å². The topological polar surface area (TPSA) is 19.4 Å². The largest absolute Gasteiger partial charge is 0.371 e. The molecule has 0 radical (unpaired) electrons. The summed E-state index contributed by atoms with van der Waals surface area (Å²) in [6.45, 7) is 6.39. The van der Waals surface area contributed by atoms with Crippen LogP contribution >= 0.6 is 0 Å². The van der Waals surface area contributed by atoms with E-state index < -0.39 is 0 Å². The van der Waals surface area contributed by atoms with Gasteiger partial charge in [0.15, 0.2) is 0 Å². The number of rotatable bonds is 3. The van der Waals surface area contributed by atoms with Gasteiger partial charge in [-0.3, -0.25) is 4.98 Å². The Morgan fingerprint density at radius 3 is 2.58 bits per heavy atom.